The SMILES string of the molecule is CC(C)(C)S(=O)NC1CCC1c1cccc([N+](=O)[O-])c1. The maximum Gasteiger partial charge on any atom is 0.269 e. The van der Waals surface area contributed by atoms with E-state index in [1.54, 1.807) is 12.1 Å². The Bertz CT molecular complexity index is 539. The lowest BCUT2D eigenvalue weighted by atomic mass is 9.75. The third kappa shape index (κ3) is 3.24. The van der Waals surface area contributed by atoms with Crippen LogP contribution in [-0.4, -0.2) is 19.9 Å². The fourth-order valence-corrected chi connectivity index (χ4v) is 3.13. The van der Waals surface area contributed by atoms with Gasteiger partial charge in [0, 0.05) is 24.1 Å². The first kappa shape index (κ1) is 15.1. The second-order valence-electron chi connectivity index (χ2n) is 6.14. The molecule has 5 nitrogen and oxygen atoms in total. The molecule has 0 radical (unpaired) electrons. The molecule has 0 spiro atoms. The molecule has 1 N–H and O–H groups in total. The van der Waals surface area contributed by atoms with Gasteiger partial charge in [-0.3, -0.25) is 10.1 Å². The molecule has 110 valence electrons. The van der Waals surface area contributed by atoms with E-state index in [1.807, 2.05) is 26.8 Å². The molecule has 1 aliphatic carbocycles. The van der Waals surface area contributed by atoms with Gasteiger partial charge in [0.25, 0.3) is 5.69 Å². The van der Waals surface area contributed by atoms with Gasteiger partial charge in [-0.1, -0.05) is 12.1 Å². The van der Waals surface area contributed by atoms with Crippen molar-refractivity contribution in [2.24, 2.45) is 0 Å². The fraction of sp³-hybridized carbons (Fsp3) is 0.571. The van der Waals surface area contributed by atoms with E-state index in [0.29, 0.717) is 0 Å². The number of nitrogens with one attached hydrogen (secondary N) is 1. The first-order valence-corrected chi connectivity index (χ1v) is 7.86. The van der Waals surface area contributed by atoms with Crippen LogP contribution in [0.25, 0.3) is 0 Å². The summed E-state index contributed by atoms with van der Waals surface area (Å²) in [7, 11) is -1.11. The molecule has 0 bridgehead atoms. The van der Waals surface area contributed by atoms with Crippen LogP contribution >= 0.6 is 0 Å². The van der Waals surface area contributed by atoms with Crippen molar-refractivity contribution in [1.29, 1.82) is 0 Å². The molecule has 1 saturated carbocycles. The van der Waals surface area contributed by atoms with E-state index in [2.05, 4.69) is 4.72 Å². The second-order valence-corrected chi connectivity index (χ2v) is 8.14. The Labute approximate surface area is 121 Å². The lowest BCUT2D eigenvalue weighted by Crippen LogP contribution is -2.47. The molecule has 2 rings (SSSR count). The summed E-state index contributed by atoms with van der Waals surface area (Å²) in [6, 6.07) is 6.88. The zero-order valence-electron chi connectivity index (χ0n) is 12.0. The van der Waals surface area contributed by atoms with Crippen LogP contribution in [-0.2, 0) is 11.0 Å². The maximum atomic E-state index is 12.1. The largest absolute Gasteiger partial charge is 0.269 e. The van der Waals surface area contributed by atoms with Gasteiger partial charge in [-0.2, -0.15) is 0 Å². The number of nitro groups is 1. The van der Waals surface area contributed by atoms with Crippen molar-refractivity contribution in [1.82, 2.24) is 4.72 Å². The average molecular weight is 296 g/mol. The molecule has 6 heteroatoms. The molecule has 1 aromatic carbocycles. The molecule has 0 aromatic heterocycles. The van der Waals surface area contributed by atoms with Gasteiger partial charge in [0.2, 0.25) is 0 Å². The summed E-state index contributed by atoms with van der Waals surface area (Å²) in [5.74, 6) is 0.209. The van der Waals surface area contributed by atoms with E-state index in [9.17, 15) is 14.3 Å². The van der Waals surface area contributed by atoms with Crippen LogP contribution in [0.5, 0.6) is 0 Å². The van der Waals surface area contributed by atoms with Crippen LogP contribution in [0.2, 0.25) is 0 Å². The number of non-ortho nitro benzene ring substituents is 1. The number of rotatable bonds is 4. The molecule has 0 aliphatic heterocycles. The van der Waals surface area contributed by atoms with E-state index in [0.717, 1.165) is 18.4 Å². The Morgan fingerprint density at radius 2 is 2.05 bits per heavy atom. The first-order valence-electron chi connectivity index (χ1n) is 6.71. The lowest BCUT2D eigenvalue weighted by Gasteiger charge is -2.38. The minimum Gasteiger partial charge on any atom is -0.258 e. The number of nitro benzene ring substituents is 1. The summed E-state index contributed by atoms with van der Waals surface area (Å²) in [4.78, 5) is 10.4. The summed E-state index contributed by atoms with van der Waals surface area (Å²) < 4.78 is 15.0. The molecular formula is C14H20N2O3S. The van der Waals surface area contributed by atoms with Crippen LogP contribution < -0.4 is 4.72 Å². The number of nitrogens with zero attached hydrogens (tertiary/aromatic N) is 1. The fourth-order valence-electron chi connectivity index (χ4n) is 2.22. The molecule has 20 heavy (non-hydrogen) atoms. The smallest absolute Gasteiger partial charge is 0.258 e. The van der Waals surface area contributed by atoms with E-state index >= 15 is 0 Å². The van der Waals surface area contributed by atoms with Crippen molar-refractivity contribution in [3.8, 4) is 0 Å². The normalized spacial score (nSPS) is 23.9. The Balaban J connectivity index is 2.09. The Hall–Kier alpha value is -1.27. The van der Waals surface area contributed by atoms with Gasteiger partial charge < -0.3 is 0 Å². The second kappa shape index (κ2) is 5.61. The summed E-state index contributed by atoms with van der Waals surface area (Å²) in [5, 5.41) is 10.8. The van der Waals surface area contributed by atoms with Crippen LogP contribution in [0.3, 0.4) is 0 Å². The third-order valence-corrected chi connectivity index (χ3v) is 5.23. The van der Waals surface area contributed by atoms with Gasteiger partial charge >= 0.3 is 0 Å². The van der Waals surface area contributed by atoms with E-state index in [4.69, 9.17) is 0 Å². The lowest BCUT2D eigenvalue weighted by molar-refractivity contribution is -0.384. The molecule has 1 aromatic rings. The molecule has 0 amide bonds. The average Bonchev–Trinajstić information content (AvgIpc) is 2.33. The summed E-state index contributed by atoms with van der Waals surface area (Å²) >= 11 is 0. The standard InChI is InChI=1S/C14H20N2O3S/c1-14(2,3)20(19)15-13-8-7-12(13)10-5-4-6-11(9-10)16(17)18/h4-6,9,12-13,15H,7-8H2,1-3H3. The van der Waals surface area contributed by atoms with Crippen LogP contribution in [0.15, 0.2) is 24.3 Å². The van der Waals surface area contributed by atoms with Gasteiger partial charge in [0.15, 0.2) is 0 Å². The highest BCUT2D eigenvalue weighted by Crippen LogP contribution is 2.38. The van der Waals surface area contributed by atoms with Crippen molar-refractivity contribution < 1.29 is 9.13 Å². The van der Waals surface area contributed by atoms with Crippen molar-refractivity contribution in [2.75, 3.05) is 0 Å². The topological polar surface area (TPSA) is 72.2 Å². The van der Waals surface area contributed by atoms with Crippen molar-refractivity contribution in [2.45, 2.75) is 50.3 Å². The first-order chi connectivity index (χ1) is 9.29. The minimum absolute atomic E-state index is 0.116. The van der Waals surface area contributed by atoms with Crippen molar-refractivity contribution in [3.63, 3.8) is 0 Å². The predicted molar refractivity (Wildman–Crippen MR) is 79.9 cm³/mol. The summed E-state index contributed by atoms with van der Waals surface area (Å²) in [5.41, 5.74) is 1.07. The molecule has 0 heterocycles. The highest BCUT2D eigenvalue weighted by molar-refractivity contribution is 7.84. The molecule has 1 fully saturated rings. The van der Waals surface area contributed by atoms with Gasteiger partial charge in [-0.05, 0) is 39.2 Å². The van der Waals surface area contributed by atoms with Crippen molar-refractivity contribution >= 4 is 16.7 Å². The quantitative estimate of drug-likeness (QED) is 0.686. The van der Waals surface area contributed by atoms with Gasteiger partial charge in [0.1, 0.15) is 0 Å². The number of hydrogen-bond donors (Lipinski definition) is 1. The van der Waals surface area contributed by atoms with Gasteiger partial charge in [0.05, 0.1) is 20.7 Å². The zero-order valence-corrected chi connectivity index (χ0v) is 12.8. The Morgan fingerprint density at radius 1 is 1.35 bits per heavy atom. The molecular weight excluding hydrogens is 276 g/mol. The number of benzene rings is 1. The van der Waals surface area contributed by atoms with E-state index < -0.39 is 11.0 Å². The zero-order chi connectivity index (χ0) is 14.9. The highest BCUT2D eigenvalue weighted by Gasteiger charge is 2.35. The Kier molecular flexibility index (Phi) is 4.25. The molecule has 3 unspecified atom stereocenters. The summed E-state index contributed by atoms with van der Waals surface area (Å²) in [6.45, 7) is 5.78. The maximum absolute atomic E-state index is 12.1. The molecule has 0 saturated heterocycles. The van der Waals surface area contributed by atoms with Crippen LogP contribution in [0, 0.1) is 10.1 Å². The minimum atomic E-state index is -1.11. The van der Waals surface area contributed by atoms with E-state index in [-0.39, 0.29) is 27.3 Å². The Morgan fingerprint density at radius 3 is 2.55 bits per heavy atom. The molecule has 3 atom stereocenters. The van der Waals surface area contributed by atoms with Gasteiger partial charge in [-0.15, -0.1) is 0 Å². The predicted octanol–water partition coefficient (Wildman–Crippen LogP) is 2.89. The van der Waals surface area contributed by atoms with E-state index in [1.165, 1.54) is 6.07 Å². The molecule has 1 aliphatic rings. The third-order valence-electron chi connectivity index (χ3n) is 3.60. The number of hydrogen-bond acceptors (Lipinski definition) is 3. The summed E-state index contributed by atoms with van der Waals surface area (Å²) in [6.07, 6.45) is 1.93. The van der Waals surface area contributed by atoms with Crippen LogP contribution in [0.4, 0.5) is 5.69 Å². The van der Waals surface area contributed by atoms with Crippen LogP contribution in [0.1, 0.15) is 45.1 Å². The van der Waals surface area contributed by atoms with Crippen molar-refractivity contribution in [3.05, 3.63) is 39.9 Å². The highest BCUT2D eigenvalue weighted by atomic mass is 32.2. The van der Waals surface area contributed by atoms with Gasteiger partial charge in [-0.25, -0.2) is 8.93 Å². The monoisotopic (exact) mass is 296 g/mol.